The molecule has 0 aromatic rings. The fraction of sp³-hybridized carbons (Fsp3) is 0.500. The van der Waals surface area contributed by atoms with E-state index in [0.717, 1.165) is 10.0 Å². The third-order valence-electron chi connectivity index (χ3n) is 1.26. The van der Waals surface area contributed by atoms with Crippen molar-refractivity contribution in [3.05, 3.63) is 0 Å². The van der Waals surface area contributed by atoms with Crippen LogP contribution in [-0.2, 0) is 0 Å². The maximum atomic E-state index is 10.3. The van der Waals surface area contributed by atoms with Crippen LogP contribution in [-0.4, -0.2) is 45.0 Å². The lowest BCUT2D eigenvalue weighted by Crippen LogP contribution is -2.43. The van der Waals surface area contributed by atoms with E-state index in [0.29, 0.717) is 21.2 Å². The second kappa shape index (κ2) is 2.92. The van der Waals surface area contributed by atoms with Crippen LogP contribution in [0.4, 0.5) is 9.59 Å². The number of carboxylic acid groups (broad SMARTS) is 2. The van der Waals surface area contributed by atoms with Gasteiger partial charge in [0, 0.05) is 0 Å². The molecule has 11 heavy (non-hydrogen) atoms. The van der Waals surface area contributed by atoms with Gasteiger partial charge in [-0.05, 0) is 0 Å². The van der Waals surface area contributed by atoms with Gasteiger partial charge in [-0.25, -0.2) is 19.6 Å². The average molecular weight is 178 g/mol. The van der Waals surface area contributed by atoms with Gasteiger partial charge >= 0.3 is 12.2 Å². The highest BCUT2D eigenvalue weighted by molar-refractivity contribution is 7.38. The van der Waals surface area contributed by atoms with Crippen LogP contribution in [0.25, 0.3) is 0 Å². The Morgan fingerprint density at radius 2 is 1.45 bits per heavy atom. The third-order valence-corrected chi connectivity index (χ3v) is 2.30. The van der Waals surface area contributed by atoms with Gasteiger partial charge in [0.2, 0.25) is 0 Å². The second-order valence-corrected chi connectivity index (χ2v) is 3.06. The maximum Gasteiger partial charge on any atom is 0.426 e. The Kier molecular flexibility index (Phi) is 2.14. The van der Waals surface area contributed by atoms with E-state index < -0.39 is 12.2 Å². The number of amides is 2. The fourth-order valence-corrected chi connectivity index (χ4v) is 1.91. The highest BCUT2D eigenvalue weighted by Crippen LogP contribution is 2.24. The van der Waals surface area contributed by atoms with E-state index in [1.54, 1.807) is 0 Å². The van der Waals surface area contributed by atoms with Gasteiger partial charge in [0.15, 0.2) is 0 Å². The molecule has 1 fully saturated rings. The molecule has 7 heteroatoms. The summed E-state index contributed by atoms with van der Waals surface area (Å²) in [7, 11) is 0.345. The highest BCUT2D eigenvalue weighted by Gasteiger charge is 2.29. The van der Waals surface area contributed by atoms with E-state index in [4.69, 9.17) is 10.2 Å². The number of rotatable bonds is 0. The van der Waals surface area contributed by atoms with Crippen LogP contribution in [0.1, 0.15) is 0 Å². The van der Waals surface area contributed by atoms with Crippen molar-refractivity contribution in [1.29, 1.82) is 0 Å². The number of nitrogens with zero attached hydrogens (tertiary/aromatic N) is 2. The molecule has 0 saturated carbocycles. The minimum atomic E-state index is -1.21. The molecule has 1 heterocycles. The molecule has 0 atom stereocenters. The predicted octanol–water partition coefficient (Wildman–Crippen LogP) is 0.469. The van der Waals surface area contributed by atoms with Gasteiger partial charge in [0.25, 0.3) is 0 Å². The lowest BCUT2D eigenvalue weighted by atomic mass is 10.9. The van der Waals surface area contributed by atoms with Crippen LogP contribution in [0, 0.1) is 0 Å². The summed E-state index contributed by atoms with van der Waals surface area (Å²) in [5, 5.41) is 18.5. The van der Waals surface area contributed by atoms with Gasteiger partial charge in [-0.1, -0.05) is 8.58 Å². The molecule has 1 saturated heterocycles. The second-order valence-electron chi connectivity index (χ2n) is 1.93. The smallest absolute Gasteiger partial charge is 0.426 e. The van der Waals surface area contributed by atoms with Gasteiger partial charge in [0.1, 0.15) is 0 Å². The van der Waals surface area contributed by atoms with Crippen molar-refractivity contribution in [3.8, 4) is 0 Å². The molecule has 1 aliphatic rings. The lowest BCUT2D eigenvalue weighted by Gasteiger charge is -2.20. The Labute approximate surface area is 64.1 Å². The Bertz CT molecular complexity index is 177. The minimum absolute atomic E-state index is 0.293. The number of hydrazine groups is 1. The van der Waals surface area contributed by atoms with E-state index in [2.05, 4.69) is 0 Å². The summed E-state index contributed by atoms with van der Waals surface area (Å²) in [4.78, 5) is 20.7. The molecule has 6 nitrogen and oxygen atoms in total. The first-order valence-electron chi connectivity index (χ1n) is 2.84. The zero-order valence-electron chi connectivity index (χ0n) is 5.52. The summed E-state index contributed by atoms with van der Waals surface area (Å²) in [5.41, 5.74) is 0. The Balaban J connectivity index is 2.65. The van der Waals surface area contributed by atoms with Crippen molar-refractivity contribution in [2.24, 2.45) is 0 Å². The average Bonchev–Trinajstić information content (AvgIpc) is 2.32. The molecule has 62 valence electrons. The van der Waals surface area contributed by atoms with Crippen molar-refractivity contribution in [2.45, 2.75) is 0 Å². The maximum absolute atomic E-state index is 10.3. The van der Waals surface area contributed by atoms with Crippen molar-refractivity contribution in [3.63, 3.8) is 0 Å². The summed E-state index contributed by atoms with van der Waals surface area (Å²) in [6.07, 6.45) is -1.83. The van der Waals surface area contributed by atoms with E-state index in [1.807, 2.05) is 0 Å². The predicted molar refractivity (Wildman–Crippen MR) is 37.8 cm³/mol. The number of carbonyl (C=O) groups is 2. The molecular formula is C4H7N2O4P. The van der Waals surface area contributed by atoms with Crippen molar-refractivity contribution in [2.75, 3.05) is 12.6 Å². The number of hydrogen-bond acceptors (Lipinski definition) is 2. The monoisotopic (exact) mass is 178 g/mol. The Morgan fingerprint density at radius 3 is 1.73 bits per heavy atom. The third kappa shape index (κ3) is 1.51. The first-order valence-corrected chi connectivity index (χ1v) is 4.26. The molecule has 0 bridgehead atoms. The van der Waals surface area contributed by atoms with Gasteiger partial charge in [-0.3, -0.25) is 0 Å². The molecule has 0 aromatic heterocycles. The standard InChI is InChI=1S/C4H7N2O4P/c7-3(8)5-1-11-2-6(5)4(9)10/h11H,1-2H2,(H,7,8)(H,9,10). The molecule has 0 aliphatic carbocycles. The van der Waals surface area contributed by atoms with Crippen molar-refractivity contribution >= 4 is 20.8 Å². The summed E-state index contributed by atoms with van der Waals surface area (Å²) < 4.78 is 0. The Hall–Kier alpha value is -1.03. The molecule has 2 N–H and O–H groups in total. The Morgan fingerprint density at radius 1 is 1.09 bits per heavy atom. The van der Waals surface area contributed by atoms with Crippen LogP contribution in [0.2, 0.25) is 0 Å². The molecule has 0 unspecified atom stereocenters. The van der Waals surface area contributed by atoms with E-state index in [1.165, 1.54) is 0 Å². The minimum Gasteiger partial charge on any atom is -0.464 e. The number of hydrogen-bond donors (Lipinski definition) is 2. The largest absolute Gasteiger partial charge is 0.464 e. The van der Waals surface area contributed by atoms with Gasteiger partial charge < -0.3 is 10.2 Å². The molecule has 0 radical (unpaired) electrons. The molecular weight excluding hydrogens is 171 g/mol. The molecule has 0 aromatic carbocycles. The van der Waals surface area contributed by atoms with E-state index in [-0.39, 0.29) is 0 Å². The lowest BCUT2D eigenvalue weighted by molar-refractivity contribution is 0.0355. The van der Waals surface area contributed by atoms with Crippen LogP contribution in [0.3, 0.4) is 0 Å². The van der Waals surface area contributed by atoms with Gasteiger partial charge in [-0.15, -0.1) is 0 Å². The fourth-order valence-electron chi connectivity index (χ4n) is 0.774. The van der Waals surface area contributed by atoms with Gasteiger partial charge in [0.05, 0.1) is 12.6 Å². The van der Waals surface area contributed by atoms with Crippen LogP contribution < -0.4 is 0 Å². The normalized spacial score (nSPS) is 17.1. The topological polar surface area (TPSA) is 81.1 Å². The molecule has 0 spiro atoms. The highest BCUT2D eigenvalue weighted by atomic mass is 31.1. The molecule has 1 rings (SSSR count). The first kappa shape index (κ1) is 8.07. The molecule has 1 aliphatic heterocycles. The summed E-state index contributed by atoms with van der Waals surface area (Å²) in [6, 6.07) is 0. The quantitative estimate of drug-likeness (QED) is 0.528. The van der Waals surface area contributed by atoms with Crippen LogP contribution in [0.15, 0.2) is 0 Å². The van der Waals surface area contributed by atoms with Crippen molar-refractivity contribution < 1.29 is 19.8 Å². The van der Waals surface area contributed by atoms with Crippen molar-refractivity contribution in [1.82, 2.24) is 10.0 Å². The van der Waals surface area contributed by atoms with Crippen LogP contribution >= 0.6 is 8.58 Å². The zero-order valence-corrected chi connectivity index (χ0v) is 6.52. The van der Waals surface area contributed by atoms with Gasteiger partial charge in [-0.2, -0.15) is 0 Å². The summed E-state index contributed by atoms with van der Waals surface area (Å²) >= 11 is 0. The SMILES string of the molecule is O=C(O)N1CPCN1C(=O)O. The summed E-state index contributed by atoms with van der Waals surface area (Å²) in [5.74, 6) is 0. The first-order chi connectivity index (χ1) is 5.13. The zero-order chi connectivity index (χ0) is 8.43. The molecule has 2 amide bonds. The van der Waals surface area contributed by atoms with E-state index >= 15 is 0 Å². The van der Waals surface area contributed by atoms with Crippen LogP contribution in [0.5, 0.6) is 0 Å². The van der Waals surface area contributed by atoms with E-state index in [9.17, 15) is 9.59 Å². The summed E-state index contributed by atoms with van der Waals surface area (Å²) in [6.45, 7) is 0.